The van der Waals surface area contributed by atoms with Gasteiger partial charge in [-0.2, -0.15) is 4.98 Å². The molecule has 2 heterocycles. The summed E-state index contributed by atoms with van der Waals surface area (Å²) < 4.78 is 20.4. The maximum atomic E-state index is 13.9. The predicted molar refractivity (Wildman–Crippen MR) is 70.5 cm³/mol. The fraction of sp³-hybridized carbons (Fsp3) is 0.583. The average Bonchev–Trinajstić information content (AvgIpc) is 2.87. The van der Waals surface area contributed by atoms with Gasteiger partial charge in [0, 0.05) is 14.1 Å². The summed E-state index contributed by atoms with van der Waals surface area (Å²) in [4.78, 5) is 20.9. The Morgan fingerprint density at radius 2 is 2.40 bits per heavy atom. The van der Waals surface area contributed by atoms with Gasteiger partial charge in [-0.15, -0.1) is 0 Å². The fourth-order valence-electron chi connectivity index (χ4n) is 1.93. The first-order chi connectivity index (χ1) is 9.51. The zero-order valence-corrected chi connectivity index (χ0v) is 11.4. The summed E-state index contributed by atoms with van der Waals surface area (Å²) in [5.74, 6) is -0.949. The van der Waals surface area contributed by atoms with Crippen LogP contribution in [-0.4, -0.2) is 52.7 Å². The molecule has 1 aromatic rings. The fourth-order valence-corrected chi connectivity index (χ4v) is 1.93. The van der Waals surface area contributed by atoms with Gasteiger partial charge in [0.15, 0.2) is 11.6 Å². The first-order valence-corrected chi connectivity index (χ1v) is 6.27. The van der Waals surface area contributed by atoms with E-state index in [2.05, 4.69) is 9.98 Å². The van der Waals surface area contributed by atoms with Crippen LogP contribution in [0.3, 0.4) is 0 Å². The number of aromatic nitrogens is 2. The van der Waals surface area contributed by atoms with E-state index in [1.807, 2.05) is 0 Å². The van der Waals surface area contributed by atoms with E-state index in [1.165, 1.54) is 6.34 Å². The monoisotopic (exact) mass is 284 g/mol. The Kier molecular flexibility index (Phi) is 4.46. The second kappa shape index (κ2) is 6.10. The molecule has 0 radical (unpaired) electrons. The van der Waals surface area contributed by atoms with Gasteiger partial charge >= 0.3 is 5.69 Å². The summed E-state index contributed by atoms with van der Waals surface area (Å²) in [6, 6.07) is 0. The molecule has 0 spiro atoms. The topological polar surface area (TPSA) is 80.0 Å². The molecule has 7 nitrogen and oxygen atoms in total. The highest BCUT2D eigenvalue weighted by atomic mass is 19.1. The van der Waals surface area contributed by atoms with Gasteiger partial charge in [-0.1, -0.05) is 0 Å². The first kappa shape index (κ1) is 14.6. The lowest BCUT2D eigenvalue weighted by Crippen LogP contribution is -2.28. The van der Waals surface area contributed by atoms with Crippen molar-refractivity contribution in [2.45, 2.75) is 25.2 Å². The molecule has 20 heavy (non-hydrogen) atoms. The van der Waals surface area contributed by atoms with Crippen LogP contribution in [0.25, 0.3) is 0 Å². The summed E-state index contributed by atoms with van der Waals surface area (Å²) in [6.45, 7) is -0.119. The van der Waals surface area contributed by atoms with E-state index >= 15 is 0 Å². The third-order valence-electron chi connectivity index (χ3n) is 2.90. The van der Waals surface area contributed by atoms with Crippen molar-refractivity contribution in [3.05, 3.63) is 22.5 Å². The minimum atomic E-state index is -0.696. The van der Waals surface area contributed by atoms with Crippen LogP contribution in [0, 0.1) is 5.82 Å². The molecule has 1 aromatic heterocycles. The van der Waals surface area contributed by atoms with Crippen molar-refractivity contribution in [1.29, 1.82) is 0 Å². The van der Waals surface area contributed by atoms with Crippen molar-refractivity contribution in [2.24, 2.45) is 4.99 Å². The Morgan fingerprint density at radius 3 is 3.00 bits per heavy atom. The number of aliphatic hydroxyl groups is 1. The molecule has 0 aliphatic carbocycles. The van der Waals surface area contributed by atoms with Gasteiger partial charge in [-0.25, -0.2) is 14.2 Å². The molecule has 8 heteroatoms. The predicted octanol–water partition coefficient (Wildman–Crippen LogP) is 0.274. The highest BCUT2D eigenvalue weighted by Crippen LogP contribution is 2.27. The molecular weight excluding hydrogens is 267 g/mol. The summed E-state index contributed by atoms with van der Waals surface area (Å²) in [5.41, 5.74) is -0.624. The highest BCUT2D eigenvalue weighted by molar-refractivity contribution is 5.58. The molecule has 1 N–H and O–H groups in total. The van der Waals surface area contributed by atoms with Crippen molar-refractivity contribution in [3.63, 3.8) is 0 Å². The Labute approximate surface area is 115 Å². The second-order valence-corrected chi connectivity index (χ2v) is 4.78. The van der Waals surface area contributed by atoms with Gasteiger partial charge in [0.1, 0.15) is 6.23 Å². The van der Waals surface area contributed by atoms with Gasteiger partial charge in [0.05, 0.1) is 25.2 Å². The lowest BCUT2D eigenvalue weighted by molar-refractivity contribution is -0.0249. The van der Waals surface area contributed by atoms with E-state index in [-0.39, 0.29) is 18.5 Å². The molecule has 1 saturated heterocycles. The van der Waals surface area contributed by atoms with Crippen molar-refractivity contribution >= 4 is 12.2 Å². The van der Waals surface area contributed by atoms with Crippen LogP contribution in [0.1, 0.15) is 19.1 Å². The molecule has 0 aromatic carbocycles. The molecule has 0 saturated carbocycles. The number of ether oxygens (including phenoxy) is 1. The largest absolute Gasteiger partial charge is 0.394 e. The molecule has 2 rings (SSSR count). The van der Waals surface area contributed by atoms with E-state index in [4.69, 9.17) is 9.84 Å². The first-order valence-electron chi connectivity index (χ1n) is 6.27. The Bertz CT molecular complexity index is 558. The van der Waals surface area contributed by atoms with Crippen molar-refractivity contribution in [2.75, 3.05) is 20.7 Å². The lowest BCUT2D eigenvalue weighted by Gasteiger charge is -2.14. The Hall–Kier alpha value is -1.80. The number of halogens is 1. The van der Waals surface area contributed by atoms with Crippen molar-refractivity contribution in [1.82, 2.24) is 14.5 Å². The number of hydrogen-bond acceptors (Lipinski definition) is 5. The molecular formula is C12H17FN4O3. The summed E-state index contributed by atoms with van der Waals surface area (Å²) >= 11 is 0. The SMILES string of the molecule is CN(C)C=Nc1nc(=O)n([C@@H]2CC[C@H](CO)O2)cc1F. The number of hydrogen-bond donors (Lipinski definition) is 1. The van der Waals surface area contributed by atoms with Crippen molar-refractivity contribution in [3.8, 4) is 0 Å². The molecule has 0 unspecified atom stereocenters. The van der Waals surface area contributed by atoms with E-state index in [1.54, 1.807) is 19.0 Å². The molecule has 0 amide bonds. The van der Waals surface area contributed by atoms with Crippen LogP contribution in [0.2, 0.25) is 0 Å². The molecule has 110 valence electrons. The number of nitrogens with zero attached hydrogens (tertiary/aromatic N) is 4. The van der Waals surface area contributed by atoms with Crippen LogP contribution < -0.4 is 5.69 Å². The average molecular weight is 284 g/mol. The highest BCUT2D eigenvalue weighted by Gasteiger charge is 2.27. The lowest BCUT2D eigenvalue weighted by atomic mass is 10.2. The minimum absolute atomic E-state index is 0.119. The Morgan fingerprint density at radius 1 is 1.65 bits per heavy atom. The second-order valence-electron chi connectivity index (χ2n) is 4.78. The van der Waals surface area contributed by atoms with E-state index < -0.39 is 17.7 Å². The van der Waals surface area contributed by atoms with Crippen LogP contribution in [0.5, 0.6) is 0 Å². The van der Waals surface area contributed by atoms with Gasteiger partial charge in [-0.3, -0.25) is 4.57 Å². The molecule has 2 atom stereocenters. The molecule has 1 aliphatic heterocycles. The van der Waals surface area contributed by atoms with Crippen LogP contribution in [-0.2, 0) is 4.74 Å². The number of aliphatic imine (C=N–C) groups is 1. The van der Waals surface area contributed by atoms with Crippen LogP contribution >= 0.6 is 0 Å². The molecule has 0 bridgehead atoms. The summed E-state index contributed by atoms with van der Waals surface area (Å²) in [7, 11) is 3.45. The summed E-state index contributed by atoms with van der Waals surface area (Å²) in [6.07, 6.45) is 2.66. The zero-order chi connectivity index (χ0) is 14.7. The third kappa shape index (κ3) is 3.20. The van der Waals surface area contributed by atoms with Crippen molar-refractivity contribution < 1.29 is 14.2 Å². The molecule has 1 aliphatic rings. The maximum absolute atomic E-state index is 13.9. The molecule has 1 fully saturated rings. The number of aliphatic hydroxyl groups excluding tert-OH is 1. The zero-order valence-electron chi connectivity index (χ0n) is 11.4. The van der Waals surface area contributed by atoms with Gasteiger partial charge in [-0.05, 0) is 12.8 Å². The normalized spacial score (nSPS) is 22.6. The van der Waals surface area contributed by atoms with Crippen LogP contribution in [0.4, 0.5) is 10.2 Å². The van der Waals surface area contributed by atoms with E-state index in [9.17, 15) is 9.18 Å². The minimum Gasteiger partial charge on any atom is -0.394 e. The smallest absolute Gasteiger partial charge is 0.351 e. The van der Waals surface area contributed by atoms with Gasteiger partial charge in [0.25, 0.3) is 0 Å². The quantitative estimate of drug-likeness (QED) is 0.634. The van der Waals surface area contributed by atoms with Crippen LogP contribution in [0.15, 0.2) is 16.0 Å². The third-order valence-corrected chi connectivity index (χ3v) is 2.90. The van der Waals surface area contributed by atoms with E-state index in [0.717, 1.165) is 10.8 Å². The van der Waals surface area contributed by atoms with Gasteiger partial charge in [0.2, 0.25) is 0 Å². The number of rotatable bonds is 4. The standard InChI is InChI=1S/C12H17FN4O3/c1-16(2)7-14-11-9(13)5-17(12(19)15-11)10-4-3-8(6-18)20-10/h5,7-8,10,18H,3-4,6H2,1-2H3/t8-,10+/m1/s1. The maximum Gasteiger partial charge on any atom is 0.351 e. The summed E-state index contributed by atoms with van der Waals surface area (Å²) in [5, 5.41) is 8.99. The van der Waals surface area contributed by atoms with E-state index in [0.29, 0.717) is 12.8 Å². The van der Waals surface area contributed by atoms with Gasteiger partial charge < -0.3 is 14.7 Å². The Balaban J connectivity index is 2.25.